The number of allylic oxidation sites excluding steroid dienone is 4. The normalized spacial score (nSPS) is 30.4. The number of hydrogen-bond acceptors (Lipinski definition) is 0. The van der Waals surface area contributed by atoms with E-state index in [2.05, 4.69) is 38.2 Å². The summed E-state index contributed by atoms with van der Waals surface area (Å²) in [5.74, 6) is 3.84. The molecule has 2 rings (SSSR count). The van der Waals surface area contributed by atoms with Gasteiger partial charge < -0.3 is 0 Å². The summed E-state index contributed by atoms with van der Waals surface area (Å²) in [7, 11) is 0. The number of unbranched alkanes of at least 4 members (excludes halogenated alkanes) is 3. The maximum absolute atomic E-state index is 2.57. The lowest BCUT2D eigenvalue weighted by molar-refractivity contribution is 0.250. The summed E-state index contributed by atoms with van der Waals surface area (Å²) in [6.07, 6.45) is 32.9. The lowest BCUT2D eigenvalue weighted by Crippen LogP contribution is -2.14. The molecule has 0 aromatic carbocycles. The molecule has 150 valence electrons. The largest absolute Gasteiger partial charge is 0.0883 e. The highest BCUT2D eigenvalue weighted by molar-refractivity contribution is 4.96. The van der Waals surface area contributed by atoms with E-state index < -0.39 is 0 Å². The van der Waals surface area contributed by atoms with Crippen LogP contribution in [-0.2, 0) is 0 Å². The fourth-order valence-corrected chi connectivity index (χ4v) is 5.10. The molecule has 0 heteroatoms. The zero-order valence-electron chi connectivity index (χ0n) is 17.9. The fraction of sp³-hybridized carbons (Fsp3) is 0.846. The van der Waals surface area contributed by atoms with Crippen molar-refractivity contribution >= 4 is 0 Å². The van der Waals surface area contributed by atoms with E-state index >= 15 is 0 Å². The molecule has 0 nitrogen and oxygen atoms in total. The molecule has 0 atom stereocenters. The molecular weight excluding hydrogens is 312 g/mol. The van der Waals surface area contributed by atoms with Gasteiger partial charge in [0.25, 0.3) is 0 Å². The van der Waals surface area contributed by atoms with Crippen molar-refractivity contribution in [3.63, 3.8) is 0 Å². The Labute approximate surface area is 164 Å². The SMILES string of the molecule is CCCC=CC1CCC(C=CCCC2CCC(CCCCC)CC2)CC1. The predicted molar refractivity (Wildman–Crippen MR) is 117 cm³/mol. The van der Waals surface area contributed by atoms with Crippen LogP contribution in [0.1, 0.15) is 117 Å². The minimum atomic E-state index is 0.874. The first-order chi connectivity index (χ1) is 12.8. The molecule has 2 aliphatic rings. The van der Waals surface area contributed by atoms with Gasteiger partial charge >= 0.3 is 0 Å². The maximum Gasteiger partial charge on any atom is -0.0233 e. The van der Waals surface area contributed by atoms with E-state index in [1.165, 1.54) is 103 Å². The predicted octanol–water partition coefficient (Wildman–Crippen LogP) is 8.87. The first kappa shape index (κ1) is 21.8. The van der Waals surface area contributed by atoms with E-state index in [0.717, 1.165) is 23.7 Å². The van der Waals surface area contributed by atoms with Gasteiger partial charge in [0.1, 0.15) is 0 Å². The molecule has 0 aromatic heterocycles. The third kappa shape index (κ3) is 8.92. The minimum Gasteiger partial charge on any atom is -0.0883 e. The van der Waals surface area contributed by atoms with Crippen LogP contribution in [0.15, 0.2) is 24.3 Å². The van der Waals surface area contributed by atoms with E-state index in [1.54, 1.807) is 0 Å². The van der Waals surface area contributed by atoms with E-state index in [-0.39, 0.29) is 0 Å². The van der Waals surface area contributed by atoms with Crippen LogP contribution in [0.5, 0.6) is 0 Å². The molecule has 0 aromatic rings. The van der Waals surface area contributed by atoms with Crippen LogP contribution in [0, 0.1) is 23.7 Å². The molecule has 26 heavy (non-hydrogen) atoms. The third-order valence-electron chi connectivity index (χ3n) is 7.01. The highest BCUT2D eigenvalue weighted by Gasteiger charge is 2.20. The van der Waals surface area contributed by atoms with Crippen molar-refractivity contribution in [2.24, 2.45) is 23.7 Å². The molecule has 2 saturated carbocycles. The molecule has 0 saturated heterocycles. The second kappa shape index (κ2) is 13.6. The molecule has 0 spiro atoms. The average molecular weight is 359 g/mol. The van der Waals surface area contributed by atoms with Crippen molar-refractivity contribution in [1.82, 2.24) is 0 Å². The van der Waals surface area contributed by atoms with Gasteiger partial charge in [-0.25, -0.2) is 0 Å². The van der Waals surface area contributed by atoms with Gasteiger partial charge in [-0.05, 0) is 68.6 Å². The Morgan fingerprint density at radius 2 is 1.12 bits per heavy atom. The molecule has 0 aliphatic heterocycles. The highest BCUT2D eigenvalue weighted by Crippen LogP contribution is 2.35. The lowest BCUT2D eigenvalue weighted by atomic mass is 9.78. The van der Waals surface area contributed by atoms with Gasteiger partial charge in [0.2, 0.25) is 0 Å². The summed E-state index contributed by atoms with van der Waals surface area (Å²) < 4.78 is 0. The molecule has 0 heterocycles. The van der Waals surface area contributed by atoms with Gasteiger partial charge in [0, 0.05) is 0 Å². The Balaban J connectivity index is 1.51. The van der Waals surface area contributed by atoms with Crippen molar-refractivity contribution < 1.29 is 0 Å². The summed E-state index contributed by atoms with van der Waals surface area (Å²) in [5, 5.41) is 0. The van der Waals surface area contributed by atoms with Crippen LogP contribution in [0.4, 0.5) is 0 Å². The van der Waals surface area contributed by atoms with Crippen molar-refractivity contribution in [3.8, 4) is 0 Å². The van der Waals surface area contributed by atoms with E-state index in [0.29, 0.717) is 0 Å². The zero-order valence-corrected chi connectivity index (χ0v) is 17.9. The molecule has 0 N–H and O–H groups in total. The van der Waals surface area contributed by atoms with Crippen LogP contribution in [0.25, 0.3) is 0 Å². The van der Waals surface area contributed by atoms with Gasteiger partial charge in [0.15, 0.2) is 0 Å². The summed E-state index contributed by atoms with van der Waals surface area (Å²) in [4.78, 5) is 0. The second-order valence-electron chi connectivity index (χ2n) is 9.28. The monoisotopic (exact) mass is 358 g/mol. The molecule has 0 unspecified atom stereocenters. The van der Waals surface area contributed by atoms with Gasteiger partial charge in [-0.2, -0.15) is 0 Å². The molecule has 2 aliphatic carbocycles. The summed E-state index contributed by atoms with van der Waals surface area (Å²) in [5.41, 5.74) is 0. The van der Waals surface area contributed by atoms with Gasteiger partial charge in [-0.15, -0.1) is 0 Å². The van der Waals surface area contributed by atoms with Crippen molar-refractivity contribution in [2.75, 3.05) is 0 Å². The number of hydrogen-bond donors (Lipinski definition) is 0. The summed E-state index contributed by atoms with van der Waals surface area (Å²) >= 11 is 0. The van der Waals surface area contributed by atoms with Gasteiger partial charge in [-0.3, -0.25) is 0 Å². The topological polar surface area (TPSA) is 0 Å². The van der Waals surface area contributed by atoms with Crippen LogP contribution >= 0.6 is 0 Å². The third-order valence-corrected chi connectivity index (χ3v) is 7.01. The van der Waals surface area contributed by atoms with E-state index in [9.17, 15) is 0 Å². The molecular formula is C26H46. The maximum atomic E-state index is 2.57. The molecule has 0 bridgehead atoms. The van der Waals surface area contributed by atoms with Crippen LogP contribution in [0.3, 0.4) is 0 Å². The lowest BCUT2D eigenvalue weighted by Gasteiger charge is -2.28. The zero-order chi connectivity index (χ0) is 18.5. The Morgan fingerprint density at radius 3 is 1.65 bits per heavy atom. The Bertz CT molecular complexity index is 375. The minimum absolute atomic E-state index is 0.874. The van der Waals surface area contributed by atoms with Crippen molar-refractivity contribution in [1.29, 1.82) is 0 Å². The standard InChI is InChI=1S/C26H46/c1-3-5-7-11-23-15-19-25(20-16-23)13-9-10-14-26-21-17-24(18-22-26)12-8-6-4-2/h7,9,11,13,23-26H,3-6,8,10,12,14-22H2,1-2H3. The number of rotatable bonds is 11. The van der Waals surface area contributed by atoms with Gasteiger partial charge in [-0.1, -0.05) is 95.9 Å². The van der Waals surface area contributed by atoms with E-state index in [4.69, 9.17) is 0 Å². The average Bonchev–Trinajstić information content (AvgIpc) is 2.68. The highest BCUT2D eigenvalue weighted by atomic mass is 14.3. The molecule has 0 radical (unpaired) electrons. The van der Waals surface area contributed by atoms with Gasteiger partial charge in [0.05, 0.1) is 0 Å². The van der Waals surface area contributed by atoms with Crippen LogP contribution in [-0.4, -0.2) is 0 Å². The summed E-state index contributed by atoms with van der Waals surface area (Å²) in [6, 6.07) is 0. The molecule has 0 amide bonds. The Hall–Kier alpha value is -0.520. The summed E-state index contributed by atoms with van der Waals surface area (Å²) in [6.45, 7) is 4.59. The quantitative estimate of drug-likeness (QED) is 0.255. The second-order valence-corrected chi connectivity index (χ2v) is 9.28. The smallest absolute Gasteiger partial charge is 0.0233 e. The van der Waals surface area contributed by atoms with Crippen molar-refractivity contribution in [2.45, 2.75) is 117 Å². The first-order valence-electron chi connectivity index (χ1n) is 12.1. The Kier molecular flexibility index (Phi) is 11.4. The van der Waals surface area contributed by atoms with E-state index in [1.807, 2.05) is 0 Å². The first-order valence-corrected chi connectivity index (χ1v) is 12.1. The Morgan fingerprint density at radius 1 is 0.577 bits per heavy atom. The van der Waals surface area contributed by atoms with Crippen LogP contribution < -0.4 is 0 Å². The molecule has 2 fully saturated rings. The van der Waals surface area contributed by atoms with Crippen LogP contribution in [0.2, 0.25) is 0 Å². The fourth-order valence-electron chi connectivity index (χ4n) is 5.10. The van der Waals surface area contributed by atoms with Crippen molar-refractivity contribution in [3.05, 3.63) is 24.3 Å².